The minimum Gasteiger partial charge on any atom is -0.341 e. The summed E-state index contributed by atoms with van der Waals surface area (Å²) in [6.45, 7) is 1.28. The number of hydrogen-bond donors (Lipinski definition) is 2. The molecule has 0 aliphatic heterocycles. The summed E-state index contributed by atoms with van der Waals surface area (Å²) in [4.78, 5) is 37.6. The molecule has 2 N–H and O–H groups in total. The molecule has 0 saturated carbocycles. The zero-order chi connectivity index (χ0) is 14.0. The van der Waals surface area contributed by atoms with Crippen molar-refractivity contribution in [2.45, 2.75) is 6.92 Å². The molecule has 0 bridgehead atoms. The predicted octanol–water partition coefficient (Wildman–Crippen LogP) is 1.02. The first-order valence-corrected chi connectivity index (χ1v) is 5.67. The summed E-state index contributed by atoms with van der Waals surface area (Å²) < 4.78 is 0.868. The summed E-state index contributed by atoms with van der Waals surface area (Å²) in [6, 6.07) is 8.97. The smallest absolute Gasteiger partial charge is 0.329 e. The summed E-state index contributed by atoms with van der Waals surface area (Å²) in [5, 5.41) is 2.87. The number of Topliss-reactive ketones (excluding diaryl/α,β-unsaturated/α-hetero) is 1. The van der Waals surface area contributed by atoms with Gasteiger partial charge in [-0.2, -0.15) is 0 Å². The van der Waals surface area contributed by atoms with Crippen molar-refractivity contribution in [1.82, 2.24) is 9.55 Å². The van der Waals surface area contributed by atoms with E-state index >= 15 is 0 Å². The van der Waals surface area contributed by atoms with Gasteiger partial charge in [0.1, 0.15) is 11.4 Å². The third-order valence-corrected chi connectivity index (χ3v) is 2.70. The molecule has 1 aromatic carbocycles. The minimum atomic E-state index is -0.616. The maximum absolute atomic E-state index is 11.9. The second-order valence-electron chi connectivity index (χ2n) is 4.09. The van der Waals surface area contributed by atoms with Crippen LogP contribution in [0.4, 0.5) is 11.5 Å². The first kappa shape index (κ1) is 12.8. The lowest BCUT2D eigenvalue weighted by Crippen LogP contribution is -2.36. The average Bonchev–Trinajstić information content (AvgIpc) is 2.37. The average molecular weight is 259 g/mol. The molecule has 1 aromatic heterocycles. The second-order valence-corrected chi connectivity index (χ2v) is 4.09. The largest absolute Gasteiger partial charge is 0.341 e. The fraction of sp³-hybridized carbons (Fsp3) is 0.154. The van der Waals surface area contributed by atoms with Crippen LogP contribution < -0.4 is 16.6 Å². The lowest BCUT2D eigenvalue weighted by molar-refractivity contribution is 0.101. The number of aromatic nitrogens is 2. The Hall–Kier alpha value is -2.63. The molecule has 2 rings (SSSR count). The van der Waals surface area contributed by atoms with Gasteiger partial charge >= 0.3 is 5.69 Å². The number of rotatable bonds is 3. The molecule has 0 saturated heterocycles. The Morgan fingerprint density at radius 3 is 2.42 bits per heavy atom. The van der Waals surface area contributed by atoms with E-state index in [1.54, 1.807) is 24.3 Å². The maximum atomic E-state index is 11.9. The Balaban J connectivity index is 2.60. The van der Waals surface area contributed by atoms with E-state index < -0.39 is 17.0 Å². The van der Waals surface area contributed by atoms with Gasteiger partial charge in [-0.3, -0.25) is 19.1 Å². The third kappa shape index (κ3) is 2.47. The van der Waals surface area contributed by atoms with E-state index in [4.69, 9.17) is 0 Å². The molecule has 6 nitrogen and oxygen atoms in total. The molecular weight excluding hydrogens is 246 g/mol. The summed E-state index contributed by atoms with van der Waals surface area (Å²) in [7, 11) is 1.32. The first-order valence-electron chi connectivity index (χ1n) is 5.67. The molecule has 0 aliphatic rings. The monoisotopic (exact) mass is 259 g/mol. The van der Waals surface area contributed by atoms with Gasteiger partial charge in [0.25, 0.3) is 5.56 Å². The van der Waals surface area contributed by atoms with Gasteiger partial charge in [0.2, 0.25) is 0 Å². The van der Waals surface area contributed by atoms with Crippen LogP contribution in [-0.4, -0.2) is 15.3 Å². The summed E-state index contributed by atoms with van der Waals surface area (Å²) >= 11 is 0. The van der Waals surface area contributed by atoms with Crippen LogP contribution in [0.25, 0.3) is 0 Å². The lowest BCUT2D eigenvalue weighted by atomic mass is 10.2. The van der Waals surface area contributed by atoms with E-state index in [2.05, 4.69) is 10.3 Å². The van der Waals surface area contributed by atoms with Crippen molar-refractivity contribution in [3.63, 3.8) is 0 Å². The van der Waals surface area contributed by atoms with Gasteiger partial charge in [-0.1, -0.05) is 18.2 Å². The standard InChI is InChI=1S/C13H13N3O3/c1-8(17)10-11(14-9-6-4-3-5-7-9)15-13(19)16(2)12(10)18/h3-7,14H,1-2H3,(H,15,19). The number of ketones is 1. The van der Waals surface area contributed by atoms with Crippen molar-refractivity contribution in [3.05, 3.63) is 56.7 Å². The van der Waals surface area contributed by atoms with Crippen LogP contribution in [0, 0.1) is 0 Å². The van der Waals surface area contributed by atoms with Gasteiger partial charge in [0.05, 0.1) is 0 Å². The number of nitrogens with zero attached hydrogens (tertiary/aromatic N) is 1. The Labute approximate surface area is 108 Å². The third-order valence-electron chi connectivity index (χ3n) is 2.70. The molecule has 0 atom stereocenters. The van der Waals surface area contributed by atoms with Crippen LogP contribution in [0.5, 0.6) is 0 Å². The van der Waals surface area contributed by atoms with Crippen LogP contribution >= 0.6 is 0 Å². The van der Waals surface area contributed by atoms with Gasteiger partial charge in [-0.25, -0.2) is 4.79 Å². The van der Waals surface area contributed by atoms with Crippen molar-refractivity contribution in [3.8, 4) is 0 Å². The molecule has 98 valence electrons. The van der Waals surface area contributed by atoms with Gasteiger partial charge in [-0.15, -0.1) is 0 Å². The Bertz CT molecular complexity index is 729. The minimum absolute atomic E-state index is 0.0639. The van der Waals surface area contributed by atoms with Gasteiger partial charge in [0, 0.05) is 12.7 Å². The van der Waals surface area contributed by atoms with E-state index in [9.17, 15) is 14.4 Å². The number of benzene rings is 1. The predicted molar refractivity (Wildman–Crippen MR) is 72.0 cm³/mol. The van der Waals surface area contributed by atoms with Crippen LogP contribution in [0.15, 0.2) is 39.9 Å². The van der Waals surface area contributed by atoms with Gasteiger partial charge in [-0.05, 0) is 19.1 Å². The Morgan fingerprint density at radius 2 is 1.84 bits per heavy atom. The molecule has 0 spiro atoms. The first-order chi connectivity index (χ1) is 9.00. The van der Waals surface area contributed by atoms with Gasteiger partial charge in [0.15, 0.2) is 5.78 Å². The van der Waals surface area contributed by atoms with E-state index in [1.807, 2.05) is 6.07 Å². The second kappa shape index (κ2) is 4.93. The highest BCUT2D eigenvalue weighted by Gasteiger charge is 2.16. The molecule has 1 heterocycles. The van der Waals surface area contributed by atoms with Crippen molar-refractivity contribution >= 4 is 17.3 Å². The number of carbonyl (C=O) groups excluding carboxylic acids is 1. The van der Waals surface area contributed by atoms with Crippen molar-refractivity contribution < 1.29 is 4.79 Å². The summed E-state index contributed by atoms with van der Waals surface area (Å²) in [6.07, 6.45) is 0. The van der Waals surface area contributed by atoms with E-state index in [1.165, 1.54) is 14.0 Å². The lowest BCUT2D eigenvalue weighted by Gasteiger charge is -2.10. The van der Waals surface area contributed by atoms with E-state index in [-0.39, 0.29) is 11.4 Å². The number of aromatic amines is 1. The highest BCUT2D eigenvalue weighted by Crippen LogP contribution is 2.14. The molecular formula is C13H13N3O3. The van der Waals surface area contributed by atoms with Crippen LogP contribution in [0.3, 0.4) is 0 Å². The quantitative estimate of drug-likeness (QED) is 0.806. The van der Waals surface area contributed by atoms with Gasteiger partial charge < -0.3 is 5.32 Å². The highest BCUT2D eigenvalue weighted by atomic mass is 16.2. The highest BCUT2D eigenvalue weighted by molar-refractivity contribution is 5.98. The molecule has 0 radical (unpaired) electrons. The number of nitrogens with one attached hydrogen (secondary N) is 2. The zero-order valence-corrected chi connectivity index (χ0v) is 10.6. The number of H-pyrrole nitrogens is 1. The Morgan fingerprint density at radius 1 is 1.21 bits per heavy atom. The fourth-order valence-electron chi connectivity index (χ4n) is 1.71. The molecule has 0 amide bonds. The topological polar surface area (TPSA) is 84.0 Å². The fourth-order valence-corrected chi connectivity index (χ4v) is 1.71. The summed E-state index contributed by atoms with van der Waals surface area (Å²) in [5.41, 5.74) is -0.581. The molecule has 0 unspecified atom stereocenters. The zero-order valence-electron chi connectivity index (χ0n) is 10.6. The molecule has 19 heavy (non-hydrogen) atoms. The number of carbonyl (C=O) groups is 1. The molecule has 0 fully saturated rings. The van der Waals surface area contributed by atoms with Crippen LogP contribution in [0.1, 0.15) is 17.3 Å². The number of hydrogen-bond acceptors (Lipinski definition) is 4. The van der Waals surface area contributed by atoms with E-state index in [0.29, 0.717) is 5.69 Å². The van der Waals surface area contributed by atoms with Crippen LogP contribution in [-0.2, 0) is 7.05 Å². The SMILES string of the molecule is CC(=O)c1c(Nc2ccccc2)[nH]c(=O)n(C)c1=O. The van der Waals surface area contributed by atoms with Crippen LogP contribution in [0.2, 0.25) is 0 Å². The molecule has 6 heteroatoms. The normalized spacial score (nSPS) is 10.2. The van der Waals surface area contributed by atoms with Crippen molar-refractivity contribution in [1.29, 1.82) is 0 Å². The van der Waals surface area contributed by atoms with Crippen molar-refractivity contribution in [2.24, 2.45) is 7.05 Å². The Kier molecular flexibility index (Phi) is 3.33. The van der Waals surface area contributed by atoms with Crippen molar-refractivity contribution in [2.75, 3.05) is 5.32 Å². The number of para-hydroxylation sites is 1. The molecule has 2 aromatic rings. The maximum Gasteiger partial charge on any atom is 0.329 e. The molecule has 0 aliphatic carbocycles. The van der Waals surface area contributed by atoms with E-state index in [0.717, 1.165) is 4.57 Å². The number of anilines is 2. The summed E-state index contributed by atoms with van der Waals surface area (Å²) in [5.74, 6) is -0.290.